The maximum Gasteiger partial charge on any atom is 0.417 e. The van der Waals surface area contributed by atoms with Gasteiger partial charge in [-0.2, -0.15) is 18.4 Å². The molecule has 15 nitrogen and oxygen atoms in total. The van der Waals surface area contributed by atoms with Crippen LogP contribution in [0.3, 0.4) is 0 Å². The molecule has 0 bridgehead atoms. The monoisotopic (exact) mass is 1050 g/mol. The number of β-amino-alcohol motifs (C(OH)–C–C–N with tert-alkyl or cyclic N) is 1. The van der Waals surface area contributed by atoms with E-state index in [4.69, 9.17) is 21.7 Å². The van der Waals surface area contributed by atoms with Crippen molar-refractivity contribution < 1.29 is 52.0 Å². The van der Waals surface area contributed by atoms with E-state index in [9.17, 15) is 47.8 Å². The zero-order valence-corrected chi connectivity index (χ0v) is 43.5. The van der Waals surface area contributed by atoms with Gasteiger partial charge in [0.1, 0.15) is 30.0 Å². The van der Waals surface area contributed by atoms with Crippen LogP contribution in [-0.2, 0) is 30.1 Å². The van der Waals surface area contributed by atoms with Gasteiger partial charge in [0.2, 0.25) is 17.7 Å². The van der Waals surface area contributed by atoms with Crippen molar-refractivity contribution in [3.8, 4) is 33.4 Å². The van der Waals surface area contributed by atoms with E-state index in [0.717, 1.165) is 49.9 Å². The van der Waals surface area contributed by atoms with Crippen LogP contribution in [0.25, 0.3) is 21.6 Å². The lowest BCUT2D eigenvalue weighted by Crippen LogP contribution is -2.58. The second kappa shape index (κ2) is 22.4. The molecule has 0 radical (unpaired) electrons. The van der Waals surface area contributed by atoms with Gasteiger partial charge in [-0.25, -0.2) is 4.98 Å². The summed E-state index contributed by atoms with van der Waals surface area (Å²) in [5.74, 6) is -1.53. The fourth-order valence-electron chi connectivity index (χ4n) is 8.91. The average Bonchev–Trinajstić information content (AvgIpc) is 4.02. The summed E-state index contributed by atoms with van der Waals surface area (Å²) in [6, 6.07) is 24.3. The van der Waals surface area contributed by atoms with E-state index in [0.29, 0.717) is 11.4 Å². The lowest BCUT2D eigenvalue weighted by molar-refractivity contribution is -0.145. The van der Waals surface area contributed by atoms with Gasteiger partial charge in [-0.3, -0.25) is 24.1 Å². The molecule has 4 N–H and O–H groups in total. The largest absolute Gasteiger partial charge is 0.493 e. The van der Waals surface area contributed by atoms with E-state index in [1.165, 1.54) is 11.0 Å². The topological polar surface area (TPSA) is 198 Å². The molecule has 4 aromatic carbocycles. The van der Waals surface area contributed by atoms with Gasteiger partial charge in [0.25, 0.3) is 5.91 Å². The van der Waals surface area contributed by atoms with Crippen LogP contribution in [-0.4, -0.2) is 105 Å². The number of hydrogen-bond acceptors (Lipinski definition) is 12. The number of rotatable bonds is 17. The molecule has 390 valence electrons. The van der Waals surface area contributed by atoms with Crippen LogP contribution < -0.4 is 25.2 Å². The highest BCUT2D eigenvalue weighted by Crippen LogP contribution is 2.40. The molecule has 0 spiro atoms. The van der Waals surface area contributed by atoms with Crippen LogP contribution in [0.5, 0.6) is 5.75 Å². The molecule has 2 aliphatic heterocycles. The van der Waals surface area contributed by atoms with Gasteiger partial charge in [0.05, 0.1) is 70.4 Å². The Balaban J connectivity index is 0.862. The quantitative estimate of drug-likeness (QED) is 0.0654. The number of likely N-dealkylation sites (tertiary alicyclic amines) is 1. The van der Waals surface area contributed by atoms with Gasteiger partial charge in [0.15, 0.2) is 5.11 Å². The Kier molecular flexibility index (Phi) is 16.6. The number of aromatic nitrogens is 1. The average molecular weight is 1050 g/mol. The number of nitriles is 1. The Bertz CT molecular complexity index is 2920. The number of halogens is 3. The number of carbonyl (C=O) groups excluding carboxylic acids is 4. The second-order valence-corrected chi connectivity index (χ2v) is 21.1. The van der Waals surface area contributed by atoms with Crippen LogP contribution in [0.1, 0.15) is 82.8 Å². The molecule has 1 unspecified atom stereocenters. The molecule has 3 heterocycles. The molecule has 2 fully saturated rings. The highest BCUT2D eigenvalue weighted by molar-refractivity contribution is 7.81. The molecule has 4 amide bonds. The summed E-state index contributed by atoms with van der Waals surface area (Å²) in [5, 5.41) is 36.2. The molecule has 1 aromatic heterocycles. The number of alkyl halides is 3. The van der Waals surface area contributed by atoms with Gasteiger partial charge < -0.3 is 40.1 Å². The third-order valence-electron chi connectivity index (χ3n) is 13.0. The van der Waals surface area contributed by atoms with Crippen molar-refractivity contribution in [3.05, 3.63) is 119 Å². The number of aliphatic hydroxyl groups is 2. The first-order valence-electron chi connectivity index (χ1n) is 23.9. The number of thiocarbonyl (C=S) groups is 1. The summed E-state index contributed by atoms with van der Waals surface area (Å²) in [5.41, 5.74) is 2.94. The number of ether oxygens (including phenoxy) is 2. The lowest BCUT2D eigenvalue weighted by Gasteiger charge is -2.35. The number of benzene rings is 4. The van der Waals surface area contributed by atoms with Crippen LogP contribution in [0.2, 0.25) is 0 Å². The van der Waals surface area contributed by atoms with Crippen molar-refractivity contribution in [2.45, 2.75) is 103 Å². The van der Waals surface area contributed by atoms with Crippen LogP contribution in [0.15, 0.2) is 96.5 Å². The van der Waals surface area contributed by atoms with Crippen molar-refractivity contribution in [1.82, 2.24) is 20.5 Å². The third-order valence-corrected chi connectivity index (χ3v) is 14.3. The Morgan fingerprint density at radius 2 is 1.58 bits per heavy atom. The van der Waals surface area contributed by atoms with Gasteiger partial charge in [0, 0.05) is 25.1 Å². The molecule has 74 heavy (non-hydrogen) atoms. The fourth-order valence-corrected chi connectivity index (χ4v) is 10.2. The van der Waals surface area contributed by atoms with Crippen LogP contribution >= 0.6 is 23.6 Å². The number of amides is 4. The minimum absolute atomic E-state index is 0.0157. The maximum atomic E-state index is 14.1. The number of nitrogens with zero attached hydrogens (tertiary/aromatic N) is 5. The smallest absolute Gasteiger partial charge is 0.417 e. The van der Waals surface area contributed by atoms with Crippen molar-refractivity contribution in [2.24, 2.45) is 5.41 Å². The number of carbonyl (C=O) groups is 4. The SMILES string of the molecule is Cc1ncsc1-c1ccc([C@H](C)NC(=O)[C@@H]2C[C@@H](O)CN2C(=O)C(NC(=O)COC[C@@H](O)CCOc2ccc(-c3ccc(N4C(=S)N(c5ccc(C#N)c(C(F)(F)F)c5)C(=O)C4(C)C)cc3)cc2)C(C)(C)C)cc1. The molecule has 7 rings (SSSR count). The highest BCUT2D eigenvalue weighted by Gasteiger charge is 2.51. The van der Waals surface area contributed by atoms with Gasteiger partial charge in [-0.15, -0.1) is 11.3 Å². The second-order valence-electron chi connectivity index (χ2n) is 19.9. The Morgan fingerprint density at radius 3 is 2.18 bits per heavy atom. The minimum atomic E-state index is -4.82. The number of hydrogen-bond donors (Lipinski definition) is 4. The van der Waals surface area contributed by atoms with Crippen LogP contribution in [0.4, 0.5) is 24.5 Å². The Labute approximate surface area is 436 Å². The molecule has 2 aliphatic rings. The number of anilines is 2. The number of aliphatic hydroxyl groups excluding tert-OH is 2. The van der Waals surface area contributed by atoms with Crippen molar-refractivity contribution in [1.29, 1.82) is 5.26 Å². The molecule has 5 aromatic rings. The van der Waals surface area contributed by atoms with Crippen molar-refractivity contribution in [2.75, 3.05) is 36.2 Å². The van der Waals surface area contributed by atoms with E-state index in [1.54, 1.807) is 86.7 Å². The zero-order chi connectivity index (χ0) is 53.9. The summed E-state index contributed by atoms with van der Waals surface area (Å²) in [4.78, 5) is 63.9. The van der Waals surface area contributed by atoms with E-state index in [2.05, 4.69) is 15.6 Å². The summed E-state index contributed by atoms with van der Waals surface area (Å²) >= 11 is 7.22. The van der Waals surface area contributed by atoms with Gasteiger partial charge in [-0.05, 0) is 110 Å². The molecule has 5 atom stereocenters. The van der Waals surface area contributed by atoms with Crippen LogP contribution in [0, 0.1) is 23.7 Å². The van der Waals surface area contributed by atoms with E-state index < -0.39 is 88.8 Å². The van der Waals surface area contributed by atoms with E-state index in [1.807, 2.05) is 62.4 Å². The summed E-state index contributed by atoms with van der Waals surface area (Å²) < 4.78 is 52.7. The Morgan fingerprint density at radius 1 is 0.959 bits per heavy atom. The molecule has 0 saturated carbocycles. The van der Waals surface area contributed by atoms with Gasteiger partial charge >= 0.3 is 6.18 Å². The normalized spacial score (nSPS) is 18.0. The molecule has 2 saturated heterocycles. The molecular weight excluding hydrogens is 996 g/mol. The number of nitrogens with one attached hydrogen (secondary N) is 2. The lowest BCUT2D eigenvalue weighted by atomic mass is 9.85. The minimum Gasteiger partial charge on any atom is -0.493 e. The third kappa shape index (κ3) is 12.3. The number of thiazole rings is 1. The molecule has 0 aliphatic carbocycles. The summed E-state index contributed by atoms with van der Waals surface area (Å²) in [7, 11) is 0. The maximum absolute atomic E-state index is 14.1. The predicted molar refractivity (Wildman–Crippen MR) is 278 cm³/mol. The summed E-state index contributed by atoms with van der Waals surface area (Å²) in [6.45, 7) is 11.8. The first-order valence-corrected chi connectivity index (χ1v) is 25.2. The fraction of sp³-hybridized carbons (Fsp3) is 0.389. The van der Waals surface area contributed by atoms with Crippen molar-refractivity contribution >= 4 is 63.7 Å². The first-order chi connectivity index (χ1) is 34.9. The standard InChI is InChI=1S/C54H58F3N7O8S2/c1-31(33-8-10-36(11-9-33)46-32(2)59-30-74-46)60-48(68)44-25-41(66)27-62(44)49(69)47(52(3,4)5)61-45(67)29-71-28-40(65)22-23-72-42-20-15-35(16-21-42)34-12-17-38(18-13-34)64-51(73)63(50(70)53(64,6)7)39-19-14-37(26-58)43(24-39)54(55,56)57/h8-21,24,30-31,40-41,44,47,65-66H,22-23,25,27-29H2,1-7H3,(H,60,68)(H,61,67)/t31-,40-,41+,44-,47?/m0/s1. The van der Waals surface area contributed by atoms with Gasteiger partial charge in [-0.1, -0.05) is 69.3 Å². The Hall–Kier alpha value is -6.76. The molecule has 20 heteroatoms. The highest BCUT2D eigenvalue weighted by atomic mass is 32.1. The number of aryl methyl sites for hydroxylation is 1. The van der Waals surface area contributed by atoms with E-state index in [-0.39, 0.29) is 43.4 Å². The predicted octanol–water partition coefficient (Wildman–Crippen LogP) is 8.11. The summed E-state index contributed by atoms with van der Waals surface area (Å²) in [6.07, 6.45) is -6.51. The molecular formula is C54H58F3N7O8S2. The van der Waals surface area contributed by atoms with E-state index >= 15 is 0 Å². The first kappa shape index (κ1) is 55.0. The van der Waals surface area contributed by atoms with Crippen molar-refractivity contribution in [3.63, 3.8) is 0 Å². The zero-order valence-electron chi connectivity index (χ0n) is 41.9.